The Kier molecular flexibility index (Phi) is 2.24. The first kappa shape index (κ1) is 10.5. The van der Waals surface area contributed by atoms with Gasteiger partial charge in [0.05, 0.1) is 0 Å². The molecule has 1 aliphatic carbocycles. The number of hydrogen-bond acceptors (Lipinski definition) is 2. The normalized spacial score (nSPS) is 25.1. The lowest BCUT2D eigenvalue weighted by Crippen LogP contribution is -2.50. The Morgan fingerprint density at radius 3 is 2.20 bits per heavy atom. The molecule has 3 amide bonds. The molecule has 4 heteroatoms. The topological polar surface area (TPSA) is 40.6 Å². The molecule has 0 aromatic rings. The van der Waals surface area contributed by atoms with Crippen molar-refractivity contribution >= 4 is 11.9 Å². The van der Waals surface area contributed by atoms with Gasteiger partial charge in [-0.1, -0.05) is 12.8 Å². The van der Waals surface area contributed by atoms with Crippen LogP contribution in [-0.4, -0.2) is 40.4 Å². The molecule has 0 atom stereocenters. The van der Waals surface area contributed by atoms with Crippen LogP contribution in [0.3, 0.4) is 0 Å². The number of hydrogen-bond donors (Lipinski definition) is 0. The van der Waals surface area contributed by atoms with Crippen molar-refractivity contribution in [2.75, 3.05) is 7.05 Å². The van der Waals surface area contributed by atoms with E-state index in [1.54, 1.807) is 11.9 Å². The Balaban J connectivity index is 2.42. The largest absolute Gasteiger partial charge is 0.327 e. The molecule has 15 heavy (non-hydrogen) atoms. The van der Waals surface area contributed by atoms with Crippen LogP contribution in [0.2, 0.25) is 0 Å². The molecule has 0 aromatic heterocycles. The molecule has 0 N–H and O–H groups in total. The van der Waals surface area contributed by atoms with Crippen molar-refractivity contribution in [1.82, 2.24) is 9.80 Å². The van der Waals surface area contributed by atoms with E-state index >= 15 is 0 Å². The van der Waals surface area contributed by atoms with E-state index in [2.05, 4.69) is 0 Å². The summed E-state index contributed by atoms with van der Waals surface area (Å²) in [6, 6.07) is -0.0265. The molecule has 1 spiro atoms. The van der Waals surface area contributed by atoms with Gasteiger partial charge in [-0.3, -0.25) is 9.69 Å². The third kappa shape index (κ3) is 1.20. The Morgan fingerprint density at radius 2 is 1.73 bits per heavy atom. The van der Waals surface area contributed by atoms with Crippen molar-refractivity contribution < 1.29 is 9.59 Å². The van der Waals surface area contributed by atoms with Crippen LogP contribution < -0.4 is 0 Å². The number of amides is 3. The molecule has 2 rings (SSSR count). The number of carbonyl (C=O) groups excluding carboxylic acids is 2. The summed E-state index contributed by atoms with van der Waals surface area (Å²) < 4.78 is 0. The van der Waals surface area contributed by atoms with Gasteiger partial charge < -0.3 is 4.90 Å². The molecular weight excluding hydrogens is 192 g/mol. The van der Waals surface area contributed by atoms with Crippen LogP contribution in [0, 0.1) is 0 Å². The van der Waals surface area contributed by atoms with Crippen LogP contribution in [0.5, 0.6) is 0 Å². The highest BCUT2D eigenvalue weighted by Crippen LogP contribution is 2.42. The molecule has 0 radical (unpaired) electrons. The number of urea groups is 1. The quantitative estimate of drug-likeness (QED) is 0.617. The standard InChI is InChI=1S/C11H18N2O2/c1-8(2)13-10(15)12(3)9(14)11(13)6-4-5-7-11/h8H,4-7H2,1-3H3. The van der Waals surface area contributed by atoms with Gasteiger partial charge in [0.1, 0.15) is 5.54 Å². The Labute approximate surface area is 90.2 Å². The average Bonchev–Trinajstić information content (AvgIpc) is 2.70. The van der Waals surface area contributed by atoms with Crippen LogP contribution in [0.4, 0.5) is 4.79 Å². The second-order valence-electron chi connectivity index (χ2n) is 4.85. The minimum Gasteiger partial charge on any atom is -0.307 e. The molecule has 1 saturated carbocycles. The number of imide groups is 1. The molecule has 0 bridgehead atoms. The van der Waals surface area contributed by atoms with Crippen molar-refractivity contribution in [3.05, 3.63) is 0 Å². The molecule has 0 unspecified atom stereocenters. The van der Waals surface area contributed by atoms with Gasteiger partial charge in [-0.05, 0) is 26.7 Å². The smallest absolute Gasteiger partial charge is 0.307 e. The molecular formula is C11H18N2O2. The lowest BCUT2D eigenvalue weighted by Gasteiger charge is -2.34. The highest BCUT2D eigenvalue weighted by Gasteiger charge is 2.57. The summed E-state index contributed by atoms with van der Waals surface area (Å²) in [6.45, 7) is 3.95. The van der Waals surface area contributed by atoms with E-state index < -0.39 is 5.54 Å². The van der Waals surface area contributed by atoms with Gasteiger partial charge in [0.15, 0.2) is 0 Å². The van der Waals surface area contributed by atoms with Crippen molar-refractivity contribution in [1.29, 1.82) is 0 Å². The third-order valence-electron chi connectivity index (χ3n) is 3.60. The maximum Gasteiger partial charge on any atom is 0.327 e. The molecule has 1 saturated heterocycles. The summed E-state index contributed by atoms with van der Waals surface area (Å²) in [7, 11) is 1.59. The van der Waals surface area contributed by atoms with Gasteiger partial charge in [0, 0.05) is 13.1 Å². The Hall–Kier alpha value is -1.06. The molecule has 0 aromatic carbocycles. The second-order valence-corrected chi connectivity index (χ2v) is 4.85. The Bertz CT molecular complexity index is 306. The summed E-state index contributed by atoms with van der Waals surface area (Å²) >= 11 is 0. The second kappa shape index (κ2) is 3.22. The van der Waals surface area contributed by atoms with Crippen LogP contribution in [0.15, 0.2) is 0 Å². The van der Waals surface area contributed by atoms with E-state index in [9.17, 15) is 9.59 Å². The molecule has 2 aliphatic rings. The average molecular weight is 210 g/mol. The van der Waals surface area contributed by atoms with E-state index in [0.29, 0.717) is 0 Å². The highest BCUT2D eigenvalue weighted by atomic mass is 16.2. The van der Waals surface area contributed by atoms with E-state index in [1.807, 2.05) is 13.8 Å². The van der Waals surface area contributed by atoms with E-state index in [0.717, 1.165) is 25.7 Å². The van der Waals surface area contributed by atoms with Crippen molar-refractivity contribution in [3.63, 3.8) is 0 Å². The minimum absolute atomic E-state index is 0.00120. The van der Waals surface area contributed by atoms with Crippen molar-refractivity contribution in [3.8, 4) is 0 Å². The molecule has 84 valence electrons. The lowest BCUT2D eigenvalue weighted by molar-refractivity contribution is -0.132. The first-order chi connectivity index (χ1) is 7.00. The first-order valence-corrected chi connectivity index (χ1v) is 5.62. The summed E-state index contributed by atoms with van der Waals surface area (Å²) in [6.07, 6.45) is 3.77. The number of nitrogens with zero attached hydrogens (tertiary/aromatic N) is 2. The fourth-order valence-corrected chi connectivity index (χ4v) is 2.98. The van der Waals surface area contributed by atoms with Gasteiger partial charge in [0.25, 0.3) is 5.91 Å². The van der Waals surface area contributed by atoms with E-state index in [1.165, 1.54) is 4.90 Å². The van der Waals surface area contributed by atoms with Crippen LogP contribution in [-0.2, 0) is 4.79 Å². The first-order valence-electron chi connectivity index (χ1n) is 5.62. The highest BCUT2D eigenvalue weighted by molar-refractivity contribution is 6.07. The summed E-state index contributed by atoms with van der Waals surface area (Å²) in [5.74, 6) is -0.00120. The number of rotatable bonds is 1. The van der Waals surface area contributed by atoms with Gasteiger partial charge in [-0.15, -0.1) is 0 Å². The third-order valence-corrected chi connectivity index (χ3v) is 3.60. The van der Waals surface area contributed by atoms with E-state index in [4.69, 9.17) is 0 Å². The van der Waals surface area contributed by atoms with Crippen molar-refractivity contribution in [2.24, 2.45) is 0 Å². The zero-order chi connectivity index (χ0) is 11.2. The number of likely N-dealkylation sites (N-methyl/N-ethyl adjacent to an activating group) is 1. The minimum atomic E-state index is -0.500. The van der Waals surface area contributed by atoms with Crippen LogP contribution in [0.1, 0.15) is 39.5 Å². The van der Waals surface area contributed by atoms with Gasteiger partial charge in [-0.2, -0.15) is 0 Å². The van der Waals surface area contributed by atoms with Gasteiger partial charge in [0.2, 0.25) is 0 Å². The molecule has 4 nitrogen and oxygen atoms in total. The zero-order valence-electron chi connectivity index (χ0n) is 9.62. The SMILES string of the molecule is CC(C)N1C(=O)N(C)C(=O)C12CCCC2. The molecule has 1 aliphatic heterocycles. The van der Waals surface area contributed by atoms with Gasteiger partial charge >= 0.3 is 6.03 Å². The molecule has 1 heterocycles. The summed E-state index contributed by atoms with van der Waals surface area (Å²) in [5.41, 5.74) is -0.500. The maximum absolute atomic E-state index is 12.1. The van der Waals surface area contributed by atoms with Crippen LogP contribution in [0.25, 0.3) is 0 Å². The van der Waals surface area contributed by atoms with Crippen LogP contribution >= 0.6 is 0 Å². The predicted octanol–water partition coefficient (Wildman–Crippen LogP) is 1.60. The summed E-state index contributed by atoms with van der Waals surface area (Å²) in [5, 5.41) is 0. The monoisotopic (exact) mass is 210 g/mol. The zero-order valence-corrected chi connectivity index (χ0v) is 9.62. The fraction of sp³-hybridized carbons (Fsp3) is 0.818. The lowest BCUT2D eigenvalue weighted by atomic mass is 9.94. The maximum atomic E-state index is 12.1. The summed E-state index contributed by atoms with van der Waals surface area (Å²) in [4.78, 5) is 27.1. The van der Waals surface area contributed by atoms with E-state index in [-0.39, 0.29) is 18.0 Å². The Morgan fingerprint density at radius 1 is 1.20 bits per heavy atom. The van der Waals surface area contributed by atoms with Gasteiger partial charge in [-0.25, -0.2) is 4.79 Å². The number of carbonyl (C=O) groups is 2. The van der Waals surface area contributed by atoms with Crippen molar-refractivity contribution in [2.45, 2.75) is 51.1 Å². The molecule has 2 fully saturated rings. The fourth-order valence-electron chi connectivity index (χ4n) is 2.98. The predicted molar refractivity (Wildman–Crippen MR) is 56.3 cm³/mol.